The first kappa shape index (κ1) is 14.5. The average Bonchev–Trinajstić information content (AvgIpc) is 2.36. The molecule has 100 valence electrons. The molecule has 18 heavy (non-hydrogen) atoms. The molecule has 0 spiro atoms. The summed E-state index contributed by atoms with van der Waals surface area (Å²) in [6.45, 7) is 5.40. The van der Waals surface area contributed by atoms with Crippen LogP contribution in [0.4, 0.5) is 0 Å². The van der Waals surface area contributed by atoms with E-state index in [1.54, 1.807) is 21.0 Å². The molecule has 0 saturated heterocycles. The highest BCUT2D eigenvalue weighted by atomic mass is 16.5. The van der Waals surface area contributed by atoms with E-state index >= 15 is 0 Å². The Morgan fingerprint density at radius 2 is 1.83 bits per heavy atom. The molecule has 1 aromatic rings. The van der Waals surface area contributed by atoms with Gasteiger partial charge in [-0.15, -0.1) is 0 Å². The molecular weight excluding hydrogens is 230 g/mol. The summed E-state index contributed by atoms with van der Waals surface area (Å²) in [5.41, 5.74) is 0.159. The van der Waals surface area contributed by atoms with Gasteiger partial charge in [-0.3, -0.25) is 9.69 Å². The number of hydrogen-bond acceptors (Lipinski definition) is 3. The predicted molar refractivity (Wildman–Crippen MR) is 70.9 cm³/mol. The van der Waals surface area contributed by atoms with Crippen LogP contribution in [0.15, 0.2) is 24.3 Å². The fraction of sp³-hybridized carbons (Fsp3) is 0.500. The molecule has 1 unspecified atom stereocenters. The molecule has 1 N–H and O–H groups in total. The van der Waals surface area contributed by atoms with E-state index in [9.17, 15) is 9.90 Å². The molecular formula is C14H21NO3. The number of ether oxygens (including phenoxy) is 1. The normalized spacial score (nSPS) is 13.4. The minimum absolute atomic E-state index is 0.0157. The molecule has 1 aromatic carbocycles. The molecule has 0 aromatic heterocycles. The summed E-state index contributed by atoms with van der Waals surface area (Å²) in [5.74, 6) is -0.0311. The van der Waals surface area contributed by atoms with Crippen molar-refractivity contribution in [2.75, 3.05) is 14.2 Å². The fourth-order valence-electron chi connectivity index (χ4n) is 1.74. The van der Waals surface area contributed by atoms with Gasteiger partial charge >= 0.3 is 5.97 Å². The fourth-order valence-corrected chi connectivity index (χ4v) is 1.74. The smallest absolute Gasteiger partial charge is 0.323 e. The molecule has 4 nitrogen and oxygen atoms in total. The molecule has 4 heteroatoms. The first-order valence-corrected chi connectivity index (χ1v) is 5.91. The van der Waals surface area contributed by atoms with Crippen molar-refractivity contribution < 1.29 is 14.6 Å². The van der Waals surface area contributed by atoms with Gasteiger partial charge in [-0.2, -0.15) is 0 Å². The van der Waals surface area contributed by atoms with Gasteiger partial charge in [0.15, 0.2) is 0 Å². The lowest BCUT2D eigenvalue weighted by Gasteiger charge is -2.36. The predicted octanol–water partition coefficient (Wildman–Crippen LogP) is 2.55. The largest absolute Gasteiger partial charge is 0.497 e. The standard InChI is InChI=1S/C14H21NO3/c1-10(15(4)14(2,3)13(16)17)11-6-8-12(18-5)9-7-11/h6-10H,1-5H3,(H,16,17). The molecule has 0 aliphatic carbocycles. The maximum absolute atomic E-state index is 11.2. The van der Waals surface area contributed by atoms with E-state index in [-0.39, 0.29) is 6.04 Å². The average molecular weight is 251 g/mol. The van der Waals surface area contributed by atoms with Crippen LogP contribution in [0.2, 0.25) is 0 Å². The summed E-state index contributed by atoms with van der Waals surface area (Å²) < 4.78 is 5.11. The van der Waals surface area contributed by atoms with E-state index in [1.165, 1.54) is 0 Å². The van der Waals surface area contributed by atoms with E-state index in [1.807, 2.05) is 43.1 Å². The Balaban J connectivity index is 2.92. The molecule has 0 bridgehead atoms. The Labute approximate surface area is 108 Å². The zero-order valence-corrected chi connectivity index (χ0v) is 11.6. The molecule has 0 radical (unpaired) electrons. The van der Waals surface area contributed by atoms with E-state index in [2.05, 4.69) is 0 Å². The summed E-state index contributed by atoms with van der Waals surface area (Å²) >= 11 is 0. The highest BCUT2D eigenvalue weighted by Gasteiger charge is 2.35. The number of methoxy groups -OCH3 is 1. The second-order valence-corrected chi connectivity index (χ2v) is 4.92. The first-order chi connectivity index (χ1) is 8.30. The van der Waals surface area contributed by atoms with Crippen molar-refractivity contribution in [2.45, 2.75) is 32.4 Å². The number of aliphatic carboxylic acids is 1. The number of carboxylic acids is 1. The quantitative estimate of drug-likeness (QED) is 0.873. The van der Waals surface area contributed by atoms with Crippen LogP contribution in [-0.2, 0) is 4.79 Å². The Bertz CT molecular complexity index is 412. The van der Waals surface area contributed by atoms with Crippen molar-refractivity contribution >= 4 is 5.97 Å². The topological polar surface area (TPSA) is 49.8 Å². The molecule has 0 fully saturated rings. The lowest BCUT2D eigenvalue weighted by Crippen LogP contribution is -2.48. The highest BCUT2D eigenvalue weighted by Crippen LogP contribution is 2.27. The van der Waals surface area contributed by atoms with Gasteiger partial charge in [0.05, 0.1) is 7.11 Å². The van der Waals surface area contributed by atoms with Gasteiger partial charge < -0.3 is 9.84 Å². The Morgan fingerprint density at radius 1 is 1.33 bits per heavy atom. The summed E-state index contributed by atoms with van der Waals surface area (Å²) in [4.78, 5) is 13.1. The molecule has 0 amide bonds. The summed E-state index contributed by atoms with van der Waals surface area (Å²) in [6.07, 6.45) is 0. The van der Waals surface area contributed by atoms with Gasteiger partial charge in [0, 0.05) is 6.04 Å². The van der Waals surface area contributed by atoms with Gasteiger partial charge in [0.2, 0.25) is 0 Å². The van der Waals surface area contributed by atoms with Crippen LogP contribution < -0.4 is 4.74 Å². The number of carboxylic acid groups (broad SMARTS) is 1. The lowest BCUT2D eigenvalue weighted by molar-refractivity contribution is -0.149. The van der Waals surface area contributed by atoms with Crippen LogP contribution in [0.1, 0.15) is 32.4 Å². The third kappa shape index (κ3) is 2.82. The number of carbonyl (C=O) groups is 1. The first-order valence-electron chi connectivity index (χ1n) is 5.91. The summed E-state index contributed by atoms with van der Waals surface area (Å²) in [6, 6.07) is 7.69. The van der Waals surface area contributed by atoms with Crippen molar-refractivity contribution in [1.82, 2.24) is 4.90 Å². The van der Waals surface area contributed by atoms with Crippen molar-refractivity contribution in [3.8, 4) is 5.75 Å². The van der Waals surface area contributed by atoms with Crippen LogP contribution in [-0.4, -0.2) is 35.7 Å². The number of hydrogen-bond donors (Lipinski definition) is 1. The minimum Gasteiger partial charge on any atom is -0.497 e. The zero-order valence-electron chi connectivity index (χ0n) is 11.6. The summed E-state index contributed by atoms with van der Waals surface area (Å²) in [5, 5.41) is 9.23. The van der Waals surface area contributed by atoms with Gasteiger partial charge in [-0.25, -0.2) is 0 Å². The number of nitrogens with zero attached hydrogens (tertiary/aromatic N) is 1. The monoisotopic (exact) mass is 251 g/mol. The van der Waals surface area contributed by atoms with Crippen LogP contribution in [0.25, 0.3) is 0 Å². The molecule has 0 heterocycles. The Kier molecular flexibility index (Phi) is 4.35. The van der Waals surface area contributed by atoms with Crippen LogP contribution in [0.3, 0.4) is 0 Å². The molecule has 0 aliphatic heterocycles. The Hall–Kier alpha value is -1.55. The third-order valence-electron chi connectivity index (χ3n) is 3.58. The molecule has 0 saturated carbocycles. The molecule has 0 aliphatic rings. The van der Waals surface area contributed by atoms with E-state index in [4.69, 9.17) is 4.74 Å². The van der Waals surface area contributed by atoms with E-state index in [0.717, 1.165) is 11.3 Å². The molecule has 1 rings (SSSR count). The van der Waals surface area contributed by atoms with Gasteiger partial charge in [0.1, 0.15) is 11.3 Å². The summed E-state index contributed by atoms with van der Waals surface area (Å²) in [7, 11) is 3.45. The van der Waals surface area contributed by atoms with E-state index < -0.39 is 11.5 Å². The van der Waals surface area contributed by atoms with Crippen LogP contribution in [0, 0.1) is 0 Å². The molecule has 1 atom stereocenters. The Morgan fingerprint density at radius 3 is 2.22 bits per heavy atom. The van der Waals surface area contributed by atoms with Gasteiger partial charge in [-0.1, -0.05) is 12.1 Å². The van der Waals surface area contributed by atoms with Crippen molar-refractivity contribution in [3.05, 3.63) is 29.8 Å². The minimum atomic E-state index is -0.903. The highest BCUT2D eigenvalue weighted by molar-refractivity contribution is 5.77. The van der Waals surface area contributed by atoms with Crippen molar-refractivity contribution in [3.63, 3.8) is 0 Å². The van der Waals surface area contributed by atoms with Gasteiger partial charge in [0.25, 0.3) is 0 Å². The van der Waals surface area contributed by atoms with E-state index in [0.29, 0.717) is 0 Å². The zero-order chi connectivity index (χ0) is 13.9. The SMILES string of the molecule is COc1ccc(C(C)N(C)C(C)(C)C(=O)O)cc1. The van der Waals surface area contributed by atoms with Crippen molar-refractivity contribution in [1.29, 1.82) is 0 Å². The maximum atomic E-state index is 11.2. The van der Waals surface area contributed by atoms with Crippen LogP contribution >= 0.6 is 0 Å². The lowest BCUT2D eigenvalue weighted by atomic mass is 9.98. The van der Waals surface area contributed by atoms with Gasteiger partial charge in [-0.05, 0) is 45.5 Å². The number of rotatable bonds is 5. The number of benzene rings is 1. The second kappa shape index (κ2) is 5.40. The number of likely N-dealkylation sites (N-methyl/N-ethyl adjacent to an activating group) is 1. The van der Waals surface area contributed by atoms with Crippen LogP contribution in [0.5, 0.6) is 5.75 Å². The van der Waals surface area contributed by atoms with Crippen molar-refractivity contribution in [2.24, 2.45) is 0 Å². The second-order valence-electron chi connectivity index (χ2n) is 4.92. The maximum Gasteiger partial charge on any atom is 0.323 e. The third-order valence-corrected chi connectivity index (χ3v) is 3.58.